The third-order valence-corrected chi connectivity index (χ3v) is 1.57. The fourth-order valence-corrected chi connectivity index (χ4v) is 1.06. The molecule has 0 aromatic heterocycles. The molecule has 1 heterocycles. The molecule has 1 aliphatic heterocycles. The summed E-state index contributed by atoms with van der Waals surface area (Å²) in [6.45, 7) is 10.8. The standard InChI is InChI=1S/C4H9N3S.2C2H6/c1-2-8-4-5-3-6-7-4;2*1-2/h6H,2-3H2,1H3,(H,5,7);2*1-2H3. The normalized spacial score (nSPS) is 12.9. The number of nitrogens with one attached hydrogen (secondary N) is 2. The van der Waals surface area contributed by atoms with Crippen LogP contribution in [0.15, 0.2) is 4.99 Å². The van der Waals surface area contributed by atoms with Gasteiger partial charge in [-0.3, -0.25) is 5.43 Å². The minimum Gasteiger partial charge on any atom is -0.299 e. The number of nitrogens with zero attached hydrogens (tertiary/aromatic N) is 1. The lowest BCUT2D eigenvalue weighted by Crippen LogP contribution is -2.27. The zero-order valence-corrected chi connectivity index (χ0v) is 9.59. The highest BCUT2D eigenvalue weighted by atomic mass is 32.2. The molecular weight excluding hydrogens is 170 g/mol. The van der Waals surface area contributed by atoms with Gasteiger partial charge < -0.3 is 0 Å². The zero-order valence-electron chi connectivity index (χ0n) is 8.77. The van der Waals surface area contributed by atoms with E-state index in [1.54, 1.807) is 11.8 Å². The van der Waals surface area contributed by atoms with Crippen LogP contribution in [-0.2, 0) is 0 Å². The van der Waals surface area contributed by atoms with Gasteiger partial charge >= 0.3 is 0 Å². The summed E-state index contributed by atoms with van der Waals surface area (Å²) < 4.78 is 0. The lowest BCUT2D eigenvalue weighted by molar-refractivity contribution is 0.730. The van der Waals surface area contributed by atoms with E-state index in [9.17, 15) is 0 Å². The van der Waals surface area contributed by atoms with Gasteiger partial charge in [-0.1, -0.05) is 46.4 Å². The largest absolute Gasteiger partial charge is 0.299 e. The molecule has 0 aromatic rings. The molecule has 3 nitrogen and oxygen atoms in total. The fourth-order valence-electron chi connectivity index (χ4n) is 0.484. The molecule has 0 bridgehead atoms. The lowest BCUT2D eigenvalue weighted by Gasteiger charge is -1.95. The van der Waals surface area contributed by atoms with Crippen LogP contribution >= 0.6 is 11.8 Å². The van der Waals surface area contributed by atoms with Crippen molar-refractivity contribution in [2.24, 2.45) is 4.99 Å². The SMILES string of the molecule is CC.CC.CCSC1=NCNN1. The Morgan fingerprint density at radius 2 is 1.92 bits per heavy atom. The Hall–Kier alpha value is -0.220. The van der Waals surface area contributed by atoms with Crippen LogP contribution in [0, 0.1) is 0 Å². The number of hydrazine groups is 1. The van der Waals surface area contributed by atoms with Gasteiger partial charge in [0, 0.05) is 0 Å². The number of aliphatic imine (C=N–C) groups is 1. The van der Waals surface area contributed by atoms with Gasteiger partial charge in [0.25, 0.3) is 0 Å². The molecule has 0 aliphatic carbocycles. The third-order valence-electron chi connectivity index (χ3n) is 0.778. The lowest BCUT2D eigenvalue weighted by atomic mass is 11.0. The molecule has 2 N–H and O–H groups in total. The molecule has 0 saturated carbocycles. The number of amidine groups is 1. The number of thioether (sulfide) groups is 1. The maximum absolute atomic E-state index is 4.08. The van der Waals surface area contributed by atoms with Crippen molar-refractivity contribution in [1.29, 1.82) is 0 Å². The zero-order chi connectivity index (χ0) is 9.82. The summed E-state index contributed by atoms with van der Waals surface area (Å²) in [5.41, 5.74) is 5.80. The van der Waals surface area contributed by atoms with Crippen molar-refractivity contribution in [2.45, 2.75) is 34.6 Å². The van der Waals surface area contributed by atoms with E-state index in [1.165, 1.54) is 0 Å². The average molecular weight is 191 g/mol. The van der Waals surface area contributed by atoms with E-state index in [2.05, 4.69) is 22.8 Å². The van der Waals surface area contributed by atoms with Crippen molar-refractivity contribution in [3.63, 3.8) is 0 Å². The quantitative estimate of drug-likeness (QED) is 0.667. The molecular formula is C8H21N3S. The van der Waals surface area contributed by atoms with E-state index in [1.807, 2.05) is 27.7 Å². The van der Waals surface area contributed by atoms with Crippen LogP contribution in [0.5, 0.6) is 0 Å². The van der Waals surface area contributed by atoms with E-state index < -0.39 is 0 Å². The predicted molar refractivity (Wildman–Crippen MR) is 59.4 cm³/mol. The monoisotopic (exact) mass is 191 g/mol. The highest BCUT2D eigenvalue weighted by Crippen LogP contribution is 2.00. The van der Waals surface area contributed by atoms with Crippen molar-refractivity contribution in [3.05, 3.63) is 0 Å². The topological polar surface area (TPSA) is 36.4 Å². The molecule has 0 spiro atoms. The van der Waals surface area contributed by atoms with Crippen LogP contribution in [0.2, 0.25) is 0 Å². The molecule has 0 radical (unpaired) electrons. The Morgan fingerprint density at radius 1 is 1.33 bits per heavy atom. The first kappa shape index (κ1) is 14.3. The summed E-state index contributed by atoms with van der Waals surface area (Å²) in [4.78, 5) is 4.08. The van der Waals surface area contributed by atoms with Crippen LogP contribution in [0.4, 0.5) is 0 Å². The van der Waals surface area contributed by atoms with Crippen molar-refractivity contribution < 1.29 is 0 Å². The second-order valence-electron chi connectivity index (χ2n) is 1.36. The maximum Gasteiger partial charge on any atom is 0.172 e. The molecule has 0 atom stereocenters. The molecule has 1 rings (SSSR count). The molecule has 0 aromatic carbocycles. The summed E-state index contributed by atoms with van der Waals surface area (Å²) in [5, 5.41) is 1.01. The Kier molecular flexibility index (Phi) is 16.0. The molecule has 74 valence electrons. The number of hydrogen-bond acceptors (Lipinski definition) is 4. The van der Waals surface area contributed by atoms with Crippen LogP contribution in [0.1, 0.15) is 34.6 Å². The molecule has 0 unspecified atom stereocenters. The minimum absolute atomic E-state index is 0.711. The second-order valence-corrected chi connectivity index (χ2v) is 2.61. The van der Waals surface area contributed by atoms with Gasteiger partial charge in [-0.15, -0.1) is 0 Å². The van der Waals surface area contributed by atoms with E-state index in [-0.39, 0.29) is 0 Å². The highest BCUT2D eigenvalue weighted by molar-refractivity contribution is 8.13. The maximum atomic E-state index is 4.08. The Labute approximate surface area is 80.4 Å². The molecule has 0 amide bonds. The average Bonchev–Trinajstić information content (AvgIpc) is 2.65. The van der Waals surface area contributed by atoms with Crippen molar-refractivity contribution in [3.8, 4) is 0 Å². The van der Waals surface area contributed by atoms with E-state index in [4.69, 9.17) is 0 Å². The van der Waals surface area contributed by atoms with Crippen LogP contribution < -0.4 is 10.9 Å². The van der Waals surface area contributed by atoms with Gasteiger partial charge in [-0.2, -0.15) is 0 Å². The van der Waals surface area contributed by atoms with Crippen molar-refractivity contribution >= 4 is 16.9 Å². The van der Waals surface area contributed by atoms with Crippen LogP contribution in [0.25, 0.3) is 0 Å². The van der Waals surface area contributed by atoms with Crippen LogP contribution in [-0.4, -0.2) is 17.6 Å². The first-order valence-electron chi connectivity index (χ1n) is 4.59. The Bertz CT molecular complexity index is 104. The van der Waals surface area contributed by atoms with Crippen LogP contribution in [0.3, 0.4) is 0 Å². The van der Waals surface area contributed by atoms with Gasteiger partial charge in [-0.05, 0) is 5.75 Å². The van der Waals surface area contributed by atoms with E-state index in [0.29, 0.717) is 6.67 Å². The summed E-state index contributed by atoms with van der Waals surface area (Å²) >= 11 is 1.72. The van der Waals surface area contributed by atoms with Gasteiger partial charge in [0.2, 0.25) is 0 Å². The first-order valence-corrected chi connectivity index (χ1v) is 5.58. The smallest absolute Gasteiger partial charge is 0.172 e. The molecule has 0 saturated heterocycles. The Balaban J connectivity index is 0. The molecule has 0 fully saturated rings. The van der Waals surface area contributed by atoms with Gasteiger partial charge in [0.1, 0.15) is 6.67 Å². The minimum atomic E-state index is 0.711. The number of rotatable bonds is 1. The molecule has 1 aliphatic rings. The summed E-state index contributed by atoms with van der Waals surface area (Å²) in [5.74, 6) is 1.08. The van der Waals surface area contributed by atoms with Crippen molar-refractivity contribution in [2.75, 3.05) is 12.4 Å². The first-order chi connectivity index (χ1) is 5.93. The second kappa shape index (κ2) is 13.4. The van der Waals surface area contributed by atoms with Gasteiger partial charge in [0.15, 0.2) is 5.17 Å². The van der Waals surface area contributed by atoms with E-state index in [0.717, 1.165) is 10.9 Å². The van der Waals surface area contributed by atoms with E-state index >= 15 is 0 Å². The van der Waals surface area contributed by atoms with Crippen molar-refractivity contribution in [1.82, 2.24) is 10.9 Å². The van der Waals surface area contributed by atoms with Gasteiger partial charge in [-0.25, -0.2) is 10.4 Å². The fraction of sp³-hybridized carbons (Fsp3) is 0.875. The molecule has 4 heteroatoms. The summed E-state index contributed by atoms with van der Waals surface area (Å²) in [6.07, 6.45) is 0. The molecule has 12 heavy (non-hydrogen) atoms. The predicted octanol–water partition coefficient (Wildman–Crippen LogP) is 2.21. The third kappa shape index (κ3) is 7.88. The highest BCUT2D eigenvalue weighted by Gasteiger charge is 2.00. The number of hydrogen-bond donors (Lipinski definition) is 2. The summed E-state index contributed by atoms with van der Waals surface area (Å²) in [6, 6.07) is 0. The Morgan fingerprint density at radius 3 is 2.25 bits per heavy atom. The summed E-state index contributed by atoms with van der Waals surface area (Å²) in [7, 11) is 0. The van der Waals surface area contributed by atoms with Gasteiger partial charge in [0.05, 0.1) is 0 Å².